The first-order chi connectivity index (χ1) is 8.82. The predicted octanol–water partition coefficient (Wildman–Crippen LogP) is 2.79. The quantitative estimate of drug-likeness (QED) is 0.925. The average Bonchev–Trinajstić information content (AvgIpc) is 2.72. The van der Waals surface area contributed by atoms with Gasteiger partial charge in [-0.1, -0.05) is 41.5 Å². The molecule has 0 bridgehead atoms. The Morgan fingerprint density at radius 3 is 2.05 bits per heavy atom. The van der Waals surface area contributed by atoms with E-state index in [0.29, 0.717) is 5.78 Å². The third-order valence-electron chi connectivity index (χ3n) is 3.25. The van der Waals surface area contributed by atoms with Crippen LogP contribution in [0.15, 0.2) is 4.79 Å². The molecule has 2 aromatic rings. The van der Waals surface area contributed by atoms with Gasteiger partial charge in [0.15, 0.2) is 0 Å². The predicted molar refractivity (Wildman–Crippen MR) is 75.9 cm³/mol. The van der Waals surface area contributed by atoms with Crippen LogP contribution in [-0.2, 0) is 0 Å². The van der Waals surface area contributed by atoms with Crippen LogP contribution >= 0.6 is 0 Å². The van der Waals surface area contributed by atoms with Crippen LogP contribution in [0, 0.1) is 0 Å². The summed E-state index contributed by atoms with van der Waals surface area (Å²) in [7, 11) is 0. The van der Waals surface area contributed by atoms with Crippen LogP contribution in [-0.4, -0.2) is 19.6 Å². The minimum absolute atomic E-state index is 0.0249. The lowest BCUT2D eigenvalue weighted by Gasteiger charge is -2.13. The lowest BCUT2D eigenvalue weighted by molar-refractivity contribution is 0.711. The first-order valence-electron chi connectivity index (χ1n) is 6.85. The van der Waals surface area contributed by atoms with Crippen LogP contribution in [0.3, 0.4) is 0 Å². The highest BCUT2D eigenvalue weighted by molar-refractivity contribution is 5.35. The number of fused-ring (bicyclic) bond motifs is 1. The molecule has 2 aromatic heterocycles. The minimum Gasteiger partial charge on any atom is -0.275 e. The number of aromatic nitrogens is 4. The maximum Gasteiger partial charge on any atom is 0.277 e. The van der Waals surface area contributed by atoms with E-state index in [-0.39, 0.29) is 23.3 Å². The number of hydrogen-bond acceptors (Lipinski definition) is 3. The highest BCUT2D eigenvalue weighted by Crippen LogP contribution is 2.22. The van der Waals surface area contributed by atoms with E-state index in [1.807, 2.05) is 27.7 Å². The van der Waals surface area contributed by atoms with Gasteiger partial charge >= 0.3 is 0 Å². The first-order valence-corrected chi connectivity index (χ1v) is 6.85. The van der Waals surface area contributed by atoms with Gasteiger partial charge in [-0.25, -0.2) is 4.98 Å². The van der Waals surface area contributed by atoms with Crippen LogP contribution in [0.1, 0.15) is 76.4 Å². The Kier molecular flexibility index (Phi) is 3.47. The Labute approximate surface area is 113 Å². The Bertz CT molecular complexity index is 649. The fraction of sp³-hybridized carbons (Fsp3) is 0.643. The summed E-state index contributed by atoms with van der Waals surface area (Å²) in [5, 5.41) is 3.06. The molecule has 0 saturated carbocycles. The molecule has 0 spiro atoms. The Morgan fingerprint density at radius 1 is 0.947 bits per heavy atom. The number of hydrogen-bond donors (Lipinski definition) is 1. The van der Waals surface area contributed by atoms with Gasteiger partial charge in [0.05, 0.1) is 5.69 Å². The van der Waals surface area contributed by atoms with E-state index in [4.69, 9.17) is 0 Å². The van der Waals surface area contributed by atoms with Gasteiger partial charge in [0.1, 0.15) is 5.82 Å². The number of nitrogens with one attached hydrogen (secondary N) is 1. The molecular weight excluding hydrogens is 240 g/mol. The van der Waals surface area contributed by atoms with E-state index in [1.165, 1.54) is 4.52 Å². The average molecular weight is 262 g/mol. The van der Waals surface area contributed by atoms with Gasteiger partial charge in [-0.15, -0.1) is 0 Å². The van der Waals surface area contributed by atoms with Gasteiger partial charge in [0.2, 0.25) is 0 Å². The van der Waals surface area contributed by atoms with Crippen LogP contribution < -0.4 is 5.56 Å². The van der Waals surface area contributed by atoms with E-state index in [2.05, 4.69) is 28.9 Å². The van der Waals surface area contributed by atoms with Crippen molar-refractivity contribution in [1.29, 1.82) is 0 Å². The second kappa shape index (κ2) is 4.79. The smallest absolute Gasteiger partial charge is 0.275 e. The van der Waals surface area contributed by atoms with Gasteiger partial charge in [-0.2, -0.15) is 9.50 Å². The molecule has 0 saturated heterocycles. The van der Waals surface area contributed by atoms with Gasteiger partial charge in [0.25, 0.3) is 11.3 Å². The van der Waals surface area contributed by atoms with Gasteiger partial charge in [0, 0.05) is 11.5 Å². The lowest BCUT2D eigenvalue weighted by Crippen LogP contribution is -2.24. The zero-order valence-electron chi connectivity index (χ0n) is 12.5. The van der Waals surface area contributed by atoms with E-state index in [0.717, 1.165) is 17.1 Å². The molecule has 1 N–H and O–H groups in total. The van der Waals surface area contributed by atoms with E-state index in [9.17, 15) is 4.79 Å². The molecule has 0 aromatic carbocycles. The monoisotopic (exact) mass is 262 g/mol. The summed E-state index contributed by atoms with van der Waals surface area (Å²) in [6.45, 7) is 12.2. The molecular formula is C14H22N4O. The molecule has 0 fully saturated rings. The normalized spacial score (nSPS) is 12.3. The molecule has 0 aliphatic rings. The van der Waals surface area contributed by atoms with E-state index < -0.39 is 0 Å². The zero-order chi connectivity index (χ0) is 14.3. The molecule has 19 heavy (non-hydrogen) atoms. The molecule has 0 unspecified atom stereocenters. The molecule has 0 amide bonds. The Hall–Kier alpha value is -1.65. The number of H-pyrrole nitrogens is 1. The largest absolute Gasteiger partial charge is 0.277 e. The van der Waals surface area contributed by atoms with Crippen molar-refractivity contribution < 1.29 is 0 Å². The Morgan fingerprint density at radius 2 is 1.58 bits per heavy atom. The van der Waals surface area contributed by atoms with Crippen molar-refractivity contribution in [2.24, 2.45) is 0 Å². The minimum atomic E-state index is -0.0249. The zero-order valence-corrected chi connectivity index (χ0v) is 12.5. The second-order valence-electron chi connectivity index (χ2n) is 5.92. The number of aromatic amines is 1. The highest BCUT2D eigenvalue weighted by atomic mass is 16.1. The third kappa shape index (κ3) is 2.29. The van der Waals surface area contributed by atoms with Crippen molar-refractivity contribution in [1.82, 2.24) is 19.6 Å². The molecule has 0 atom stereocenters. The summed E-state index contributed by atoms with van der Waals surface area (Å²) >= 11 is 0. The van der Waals surface area contributed by atoms with Crippen molar-refractivity contribution in [3.8, 4) is 0 Å². The van der Waals surface area contributed by atoms with Gasteiger partial charge < -0.3 is 0 Å². The summed E-state index contributed by atoms with van der Waals surface area (Å²) in [6, 6.07) is 0. The summed E-state index contributed by atoms with van der Waals surface area (Å²) in [5.41, 5.74) is 1.62. The SMILES string of the molecule is CC(C)c1nc2nc(C(C)C)c(C(C)C)c(=O)n2[nH]1. The topological polar surface area (TPSA) is 63.1 Å². The fourth-order valence-electron chi connectivity index (χ4n) is 2.20. The fourth-order valence-corrected chi connectivity index (χ4v) is 2.20. The summed E-state index contributed by atoms with van der Waals surface area (Å²) in [5.74, 6) is 1.88. The molecule has 0 aliphatic heterocycles. The number of nitrogens with zero attached hydrogens (tertiary/aromatic N) is 3. The van der Waals surface area contributed by atoms with Gasteiger partial charge in [-0.05, 0) is 11.8 Å². The first kappa shape index (κ1) is 13.8. The summed E-state index contributed by atoms with van der Waals surface area (Å²) in [4.78, 5) is 21.6. The molecule has 2 rings (SSSR count). The highest BCUT2D eigenvalue weighted by Gasteiger charge is 2.20. The molecule has 5 heteroatoms. The van der Waals surface area contributed by atoms with Crippen molar-refractivity contribution in [2.45, 2.75) is 59.3 Å². The molecule has 104 valence electrons. The van der Waals surface area contributed by atoms with Crippen molar-refractivity contribution in [3.05, 3.63) is 27.4 Å². The maximum absolute atomic E-state index is 12.6. The summed E-state index contributed by atoms with van der Waals surface area (Å²) in [6.07, 6.45) is 0. The van der Waals surface area contributed by atoms with Gasteiger partial charge in [-0.3, -0.25) is 9.89 Å². The molecule has 0 aliphatic carbocycles. The summed E-state index contributed by atoms with van der Waals surface area (Å²) < 4.78 is 1.47. The lowest BCUT2D eigenvalue weighted by atomic mass is 9.97. The van der Waals surface area contributed by atoms with E-state index >= 15 is 0 Å². The van der Waals surface area contributed by atoms with Crippen LogP contribution in [0.2, 0.25) is 0 Å². The number of rotatable bonds is 3. The van der Waals surface area contributed by atoms with Crippen LogP contribution in [0.25, 0.3) is 5.78 Å². The second-order valence-corrected chi connectivity index (χ2v) is 5.92. The van der Waals surface area contributed by atoms with Crippen molar-refractivity contribution in [3.63, 3.8) is 0 Å². The molecule has 2 heterocycles. The van der Waals surface area contributed by atoms with Crippen molar-refractivity contribution in [2.75, 3.05) is 0 Å². The third-order valence-corrected chi connectivity index (χ3v) is 3.25. The van der Waals surface area contributed by atoms with E-state index in [1.54, 1.807) is 0 Å². The molecule has 5 nitrogen and oxygen atoms in total. The molecule has 0 radical (unpaired) electrons. The van der Waals surface area contributed by atoms with Crippen LogP contribution in [0.4, 0.5) is 0 Å². The van der Waals surface area contributed by atoms with Crippen molar-refractivity contribution >= 4 is 5.78 Å². The Balaban J connectivity index is 2.82. The maximum atomic E-state index is 12.6. The standard InChI is InChI=1S/C14H22N4O/c1-7(2)10-11(8(3)4)15-14-16-12(9(5)6)17-18(14)13(10)19/h7-9H,1-6H3,(H,15,16,17). The van der Waals surface area contributed by atoms with Crippen LogP contribution in [0.5, 0.6) is 0 Å².